The number of carboxylic acid groups (broad SMARTS) is 1. The molecule has 0 spiro atoms. The Kier molecular flexibility index (Phi) is 5.11. The molecule has 1 aromatic heterocycles. The van der Waals surface area contributed by atoms with Gasteiger partial charge in [0.2, 0.25) is 0 Å². The molecule has 2 aromatic rings. The molecule has 1 N–H and O–H groups in total. The number of rotatable bonds is 7. The van der Waals surface area contributed by atoms with Gasteiger partial charge in [-0.05, 0) is 25.5 Å². The first kappa shape index (κ1) is 15.3. The molecule has 2 rings (SSSR count). The van der Waals surface area contributed by atoms with Gasteiger partial charge in [0.25, 0.3) is 0 Å². The van der Waals surface area contributed by atoms with E-state index in [-0.39, 0.29) is 12.5 Å². The van der Waals surface area contributed by atoms with Crippen molar-refractivity contribution in [2.45, 2.75) is 38.9 Å². The lowest BCUT2D eigenvalue weighted by Gasteiger charge is -2.17. The minimum Gasteiger partial charge on any atom is -0.479 e. The van der Waals surface area contributed by atoms with Crippen LogP contribution in [0.4, 0.5) is 0 Å². The Bertz CT molecular complexity index is 580. The van der Waals surface area contributed by atoms with Gasteiger partial charge in [0.05, 0.1) is 18.1 Å². The molecule has 0 saturated carbocycles. The molecule has 5 heteroatoms. The molecule has 2 atom stereocenters. The zero-order chi connectivity index (χ0) is 15.2. The van der Waals surface area contributed by atoms with Crippen molar-refractivity contribution in [2.75, 3.05) is 0 Å². The summed E-state index contributed by atoms with van der Waals surface area (Å²) in [6.07, 6.45) is 3.63. The van der Waals surface area contributed by atoms with Crippen LogP contribution in [0, 0.1) is 0 Å². The maximum absolute atomic E-state index is 11.3. The molecule has 0 saturated heterocycles. The van der Waals surface area contributed by atoms with Gasteiger partial charge in [0.1, 0.15) is 0 Å². The minimum atomic E-state index is -0.954. The number of carboxylic acids is 1. The summed E-state index contributed by atoms with van der Waals surface area (Å²) in [5.41, 5.74) is 1.69. The van der Waals surface area contributed by atoms with Crippen LogP contribution in [0.2, 0.25) is 0 Å². The third kappa shape index (κ3) is 4.16. The molecular weight excluding hydrogens is 268 g/mol. The molecular formula is C16H20N2O3. The van der Waals surface area contributed by atoms with Crippen LogP contribution in [0.15, 0.2) is 42.9 Å². The van der Waals surface area contributed by atoms with Crippen molar-refractivity contribution >= 4 is 5.97 Å². The molecule has 5 nitrogen and oxygen atoms in total. The van der Waals surface area contributed by atoms with Crippen LogP contribution in [0.5, 0.6) is 0 Å². The van der Waals surface area contributed by atoms with Crippen LogP contribution >= 0.6 is 0 Å². The first-order chi connectivity index (χ1) is 10.1. The lowest BCUT2D eigenvalue weighted by molar-refractivity contribution is -0.153. The predicted molar refractivity (Wildman–Crippen MR) is 79.5 cm³/mol. The van der Waals surface area contributed by atoms with Gasteiger partial charge in [-0.25, -0.2) is 9.78 Å². The molecule has 0 aliphatic carbocycles. The van der Waals surface area contributed by atoms with Crippen molar-refractivity contribution in [1.82, 2.24) is 9.55 Å². The van der Waals surface area contributed by atoms with Gasteiger partial charge in [-0.15, -0.1) is 0 Å². The second-order valence-electron chi connectivity index (χ2n) is 4.99. The van der Waals surface area contributed by atoms with E-state index >= 15 is 0 Å². The molecule has 0 amide bonds. The number of imidazole rings is 1. The van der Waals surface area contributed by atoms with E-state index in [1.165, 1.54) is 0 Å². The van der Waals surface area contributed by atoms with Gasteiger partial charge < -0.3 is 14.4 Å². The number of hydrogen-bond acceptors (Lipinski definition) is 3. The highest BCUT2D eigenvalue weighted by Crippen LogP contribution is 2.12. The summed E-state index contributed by atoms with van der Waals surface area (Å²) in [6.45, 7) is 3.84. The number of hydrogen-bond donors (Lipinski definition) is 1. The van der Waals surface area contributed by atoms with Gasteiger partial charge in [0.15, 0.2) is 6.10 Å². The SMILES string of the molecule is CC[C@@H](C)O[C@@H](Cc1cn(-c2ccccc2)cn1)C(=O)O. The van der Waals surface area contributed by atoms with Crippen LogP contribution < -0.4 is 0 Å². The fraction of sp³-hybridized carbons (Fsp3) is 0.375. The molecule has 112 valence electrons. The second kappa shape index (κ2) is 7.04. The van der Waals surface area contributed by atoms with Gasteiger partial charge in [-0.2, -0.15) is 0 Å². The zero-order valence-electron chi connectivity index (χ0n) is 12.3. The molecule has 0 unspecified atom stereocenters. The van der Waals surface area contributed by atoms with Crippen LogP contribution in [-0.2, 0) is 16.0 Å². The Morgan fingerprint density at radius 1 is 1.38 bits per heavy atom. The highest BCUT2D eigenvalue weighted by molar-refractivity contribution is 5.72. The van der Waals surface area contributed by atoms with Crippen LogP contribution in [0.1, 0.15) is 26.0 Å². The average Bonchev–Trinajstić information content (AvgIpc) is 2.95. The van der Waals surface area contributed by atoms with E-state index in [0.29, 0.717) is 5.69 Å². The van der Waals surface area contributed by atoms with Crippen molar-refractivity contribution < 1.29 is 14.6 Å². The summed E-state index contributed by atoms with van der Waals surface area (Å²) in [5, 5.41) is 9.24. The largest absolute Gasteiger partial charge is 0.479 e. The molecule has 1 heterocycles. The molecule has 1 aromatic carbocycles. The fourth-order valence-electron chi connectivity index (χ4n) is 1.97. The number of para-hydroxylation sites is 1. The third-order valence-corrected chi connectivity index (χ3v) is 3.33. The number of nitrogens with zero attached hydrogens (tertiary/aromatic N) is 2. The summed E-state index contributed by atoms with van der Waals surface area (Å²) in [5.74, 6) is -0.954. The molecule has 0 bridgehead atoms. The maximum Gasteiger partial charge on any atom is 0.333 e. The van der Waals surface area contributed by atoms with Crippen molar-refractivity contribution in [2.24, 2.45) is 0 Å². The van der Waals surface area contributed by atoms with Crippen molar-refractivity contribution in [3.63, 3.8) is 0 Å². The van der Waals surface area contributed by atoms with Crippen LogP contribution in [-0.4, -0.2) is 32.8 Å². The topological polar surface area (TPSA) is 64.4 Å². The first-order valence-electron chi connectivity index (χ1n) is 7.06. The molecule has 0 aliphatic rings. The molecule has 0 radical (unpaired) electrons. The van der Waals surface area contributed by atoms with Gasteiger partial charge in [-0.3, -0.25) is 0 Å². The van der Waals surface area contributed by atoms with Crippen molar-refractivity contribution in [3.8, 4) is 5.69 Å². The number of ether oxygens (including phenoxy) is 1. The summed E-state index contributed by atoms with van der Waals surface area (Å²) < 4.78 is 7.40. The predicted octanol–water partition coefficient (Wildman–Crippen LogP) is 2.68. The van der Waals surface area contributed by atoms with E-state index in [1.807, 2.05) is 54.9 Å². The van der Waals surface area contributed by atoms with E-state index in [9.17, 15) is 9.90 Å². The standard InChI is InChI=1S/C16H20N2O3/c1-3-12(2)21-15(16(19)20)9-13-10-18(11-17-13)14-7-5-4-6-8-14/h4-8,10-12,15H,3,9H2,1-2H3,(H,19,20)/t12-,15+/m1/s1. The minimum absolute atomic E-state index is 0.0812. The second-order valence-corrected chi connectivity index (χ2v) is 4.99. The smallest absolute Gasteiger partial charge is 0.333 e. The van der Waals surface area contributed by atoms with Crippen LogP contribution in [0.3, 0.4) is 0 Å². The molecule has 0 fully saturated rings. The van der Waals surface area contributed by atoms with Gasteiger partial charge in [0, 0.05) is 18.3 Å². The summed E-state index contributed by atoms with van der Waals surface area (Å²) in [7, 11) is 0. The van der Waals surface area contributed by atoms with Crippen molar-refractivity contribution in [3.05, 3.63) is 48.5 Å². The Balaban J connectivity index is 2.08. The van der Waals surface area contributed by atoms with Gasteiger partial charge >= 0.3 is 5.97 Å². The summed E-state index contributed by atoms with van der Waals surface area (Å²) >= 11 is 0. The maximum atomic E-state index is 11.3. The first-order valence-corrected chi connectivity index (χ1v) is 7.06. The number of carbonyl (C=O) groups is 1. The number of aliphatic carboxylic acids is 1. The summed E-state index contributed by atoms with van der Waals surface area (Å²) in [4.78, 5) is 15.5. The third-order valence-electron chi connectivity index (χ3n) is 3.33. The fourth-order valence-corrected chi connectivity index (χ4v) is 1.97. The average molecular weight is 288 g/mol. The van der Waals surface area contributed by atoms with E-state index in [2.05, 4.69) is 4.98 Å². The van der Waals surface area contributed by atoms with E-state index < -0.39 is 12.1 Å². The van der Waals surface area contributed by atoms with E-state index in [0.717, 1.165) is 12.1 Å². The van der Waals surface area contributed by atoms with E-state index in [1.54, 1.807) is 6.33 Å². The quantitative estimate of drug-likeness (QED) is 0.850. The highest BCUT2D eigenvalue weighted by Gasteiger charge is 2.22. The lowest BCUT2D eigenvalue weighted by Crippen LogP contribution is -2.30. The molecule has 0 aliphatic heterocycles. The Morgan fingerprint density at radius 2 is 2.10 bits per heavy atom. The van der Waals surface area contributed by atoms with Gasteiger partial charge in [-0.1, -0.05) is 25.1 Å². The Morgan fingerprint density at radius 3 is 2.71 bits per heavy atom. The van der Waals surface area contributed by atoms with Crippen molar-refractivity contribution in [1.29, 1.82) is 0 Å². The Hall–Kier alpha value is -2.14. The monoisotopic (exact) mass is 288 g/mol. The molecule has 21 heavy (non-hydrogen) atoms. The van der Waals surface area contributed by atoms with E-state index in [4.69, 9.17) is 4.74 Å². The number of benzene rings is 1. The normalized spacial score (nSPS) is 13.8. The summed E-state index contributed by atoms with van der Waals surface area (Å²) in [6, 6.07) is 9.77. The Labute approximate surface area is 124 Å². The number of aromatic nitrogens is 2. The highest BCUT2D eigenvalue weighted by atomic mass is 16.5. The van der Waals surface area contributed by atoms with Crippen LogP contribution in [0.25, 0.3) is 5.69 Å². The zero-order valence-corrected chi connectivity index (χ0v) is 12.3. The lowest BCUT2D eigenvalue weighted by atomic mass is 10.2.